The van der Waals surface area contributed by atoms with Gasteiger partial charge in [0.2, 0.25) is 16.1 Å². The predicted octanol–water partition coefficient (Wildman–Crippen LogP) is 7.13. The van der Waals surface area contributed by atoms with Crippen LogP contribution in [0.3, 0.4) is 0 Å². The normalized spacial score (nSPS) is 33.2. The molecule has 52 heavy (non-hydrogen) atoms. The van der Waals surface area contributed by atoms with Crippen LogP contribution >= 0.6 is 0 Å². The summed E-state index contributed by atoms with van der Waals surface area (Å²) in [7, 11) is -1.82. The minimum absolute atomic E-state index is 0.0185. The van der Waals surface area contributed by atoms with Gasteiger partial charge in [0.1, 0.15) is 5.60 Å². The van der Waals surface area contributed by atoms with E-state index in [4.69, 9.17) is 19.3 Å². The lowest BCUT2D eigenvalue weighted by Crippen LogP contribution is -2.58. The van der Waals surface area contributed by atoms with Gasteiger partial charge in [0, 0.05) is 6.42 Å². The molecule has 0 radical (unpaired) electrons. The van der Waals surface area contributed by atoms with Crippen molar-refractivity contribution in [3.8, 4) is 0 Å². The lowest BCUT2D eigenvalue weighted by Gasteiger charge is -2.59. The third-order valence-corrected chi connectivity index (χ3v) is 14.8. The number of ether oxygens (including phenoxy) is 4. The van der Waals surface area contributed by atoms with Crippen LogP contribution < -0.4 is 5.14 Å². The van der Waals surface area contributed by atoms with Gasteiger partial charge in [-0.05, 0) is 141 Å². The van der Waals surface area contributed by atoms with Gasteiger partial charge in [0.05, 0.1) is 35.7 Å². The fraction of sp³-hybridized carbons (Fsp3) is 0.900. The number of primary sulfonamides is 1. The molecule has 11 nitrogen and oxygen atoms in total. The zero-order valence-corrected chi connectivity index (χ0v) is 34.5. The van der Waals surface area contributed by atoms with Crippen molar-refractivity contribution in [2.75, 3.05) is 13.7 Å². The summed E-state index contributed by atoms with van der Waals surface area (Å²) in [6, 6.07) is 0. The topological polar surface area (TPSA) is 165 Å². The highest BCUT2D eigenvalue weighted by Crippen LogP contribution is 2.59. The number of sulfonamides is 1. The van der Waals surface area contributed by atoms with E-state index in [9.17, 15) is 27.6 Å². The van der Waals surface area contributed by atoms with Crippen LogP contribution in [0.25, 0.3) is 0 Å². The summed E-state index contributed by atoms with van der Waals surface area (Å²) in [5.74, 6) is 3.34. The van der Waals surface area contributed by atoms with Crippen molar-refractivity contribution in [3.05, 3.63) is 0 Å². The molecular formula is C40H69NO10S. The van der Waals surface area contributed by atoms with Crippen molar-refractivity contribution in [1.29, 1.82) is 0 Å². The molecule has 5 atom stereocenters. The predicted molar refractivity (Wildman–Crippen MR) is 199 cm³/mol. The Kier molecular flexibility index (Phi) is 15.3. The Morgan fingerprint density at radius 1 is 0.846 bits per heavy atom. The maximum atomic E-state index is 12.5. The maximum absolute atomic E-state index is 12.5. The van der Waals surface area contributed by atoms with Crippen LogP contribution in [0.1, 0.15) is 146 Å². The van der Waals surface area contributed by atoms with E-state index in [1.807, 2.05) is 34.6 Å². The van der Waals surface area contributed by atoms with Crippen molar-refractivity contribution in [2.45, 2.75) is 163 Å². The molecular weight excluding hydrogens is 687 g/mol. The first-order valence-electron chi connectivity index (χ1n) is 19.8. The number of carbonyl (C=O) groups is 4. The number of cyclic esters (lactones) is 1. The molecule has 0 aromatic rings. The molecule has 1 heterocycles. The second kappa shape index (κ2) is 17.9. The van der Waals surface area contributed by atoms with Crippen molar-refractivity contribution in [3.63, 3.8) is 0 Å². The number of carbonyl (C=O) groups excluding carboxylic acids is 4. The van der Waals surface area contributed by atoms with E-state index in [0.29, 0.717) is 43.1 Å². The summed E-state index contributed by atoms with van der Waals surface area (Å²) < 4.78 is 42.4. The molecule has 6 saturated carbocycles. The van der Waals surface area contributed by atoms with E-state index in [-0.39, 0.29) is 40.1 Å². The third-order valence-electron chi connectivity index (χ3n) is 13.4. The van der Waals surface area contributed by atoms with Gasteiger partial charge in [0.15, 0.2) is 0 Å². The van der Waals surface area contributed by atoms with E-state index in [2.05, 4.69) is 18.6 Å². The first-order chi connectivity index (χ1) is 24.1. The number of esters is 4. The van der Waals surface area contributed by atoms with Crippen LogP contribution in [0.15, 0.2) is 0 Å². The lowest BCUT2D eigenvalue weighted by molar-refractivity contribution is -0.211. The molecule has 0 amide bonds. The molecule has 12 heteroatoms. The fourth-order valence-corrected chi connectivity index (χ4v) is 10.1. The molecule has 0 aromatic heterocycles. The van der Waals surface area contributed by atoms with E-state index < -0.39 is 27.5 Å². The number of hydrogen-bond donors (Lipinski definition) is 1. The Morgan fingerprint density at radius 3 is 1.73 bits per heavy atom. The molecule has 7 aliphatic rings. The zero-order valence-electron chi connectivity index (χ0n) is 33.7. The minimum atomic E-state index is -3.23. The van der Waals surface area contributed by atoms with Gasteiger partial charge in [-0.25, -0.2) is 18.4 Å². The second-order valence-electron chi connectivity index (χ2n) is 17.8. The number of fused-ring (bicyclic) bond motifs is 2. The van der Waals surface area contributed by atoms with Crippen molar-refractivity contribution in [1.82, 2.24) is 0 Å². The first-order valence-corrected chi connectivity index (χ1v) is 21.4. The fourth-order valence-electron chi connectivity index (χ4n) is 8.74. The average Bonchev–Trinajstić information content (AvgIpc) is 3.85. The Hall–Kier alpha value is -2.21. The Labute approximate surface area is 313 Å². The first kappa shape index (κ1) is 44.2. The highest BCUT2D eigenvalue weighted by Gasteiger charge is 2.57. The second-order valence-corrected chi connectivity index (χ2v) is 19.6. The smallest absolute Gasteiger partial charge is 0.347 e. The van der Waals surface area contributed by atoms with Crippen LogP contribution in [0.2, 0.25) is 0 Å². The number of methoxy groups -OCH3 is 1. The molecule has 2 N–H and O–H groups in total. The van der Waals surface area contributed by atoms with E-state index in [1.54, 1.807) is 13.8 Å². The Morgan fingerprint density at radius 2 is 1.38 bits per heavy atom. The number of nitrogens with two attached hydrogens (primary N) is 1. The van der Waals surface area contributed by atoms with Crippen molar-refractivity contribution >= 4 is 33.9 Å². The quantitative estimate of drug-likeness (QED) is 0.189. The van der Waals surface area contributed by atoms with Crippen LogP contribution in [-0.2, 0) is 48.1 Å². The molecule has 1 saturated heterocycles. The van der Waals surface area contributed by atoms with Crippen molar-refractivity contribution < 1.29 is 46.5 Å². The highest BCUT2D eigenvalue weighted by atomic mass is 32.2. The van der Waals surface area contributed by atoms with Gasteiger partial charge >= 0.3 is 23.9 Å². The summed E-state index contributed by atoms with van der Waals surface area (Å²) >= 11 is 0. The molecule has 7 rings (SSSR count). The van der Waals surface area contributed by atoms with Gasteiger partial charge in [-0.1, -0.05) is 34.1 Å². The monoisotopic (exact) mass is 755 g/mol. The van der Waals surface area contributed by atoms with Gasteiger partial charge in [-0.2, -0.15) is 0 Å². The maximum Gasteiger partial charge on any atom is 0.347 e. The van der Waals surface area contributed by atoms with Gasteiger partial charge in [0.25, 0.3) is 0 Å². The van der Waals surface area contributed by atoms with Gasteiger partial charge in [-0.3, -0.25) is 14.4 Å². The standard InChI is InChI=1S/C17H28O2.C10H16O4.C7H13NO2S.C6H12O2/c1-5-16(2,3)15(18)19-17(4)13-7-11-6-12(9-13)10-14(17)8-11;1-4-10(2,3)9(12)14-7-5-6-13-8(7)11;8-11(9,10)7-4-5-1-2-6(7)3-5;1-4-5(2)6(7)8-3/h11-14H,5-10H2,1-4H3;7H,4-6H2,1-3H3;5-7H,1-4H2,(H2,8,9,10);5H,4H2,1-3H3. The number of hydrogen-bond acceptors (Lipinski definition) is 10. The molecule has 6 aliphatic carbocycles. The Bertz CT molecular complexity index is 1330. The summed E-state index contributed by atoms with van der Waals surface area (Å²) in [6.07, 6.45) is 13.0. The van der Waals surface area contributed by atoms with Crippen molar-refractivity contribution in [2.24, 2.45) is 57.4 Å². The highest BCUT2D eigenvalue weighted by molar-refractivity contribution is 7.89. The summed E-state index contributed by atoms with van der Waals surface area (Å²) in [5, 5.41) is 4.89. The molecule has 300 valence electrons. The third kappa shape index (κ3) is 10.9. The summed E-state index contributed by atoms with van der Waals surface area (Å²) in [5.41, 5.74) is -1.03. The summed E-state index contributed by atoms with van der Waals surface area (Å²) in [4.78, 5) is 45.6. The van der Waals surface area contributed by atoms with Crippen LogP contribution in [0.5, 0.6) is 0 Å². The Balaban J connectivity index is 0.000000197. The van der Waals surface area contributed by atoms with Crippen LogP contribution in [0.4, 0.5) is 0 Å². The molecule has 0 spiro atoms. The lowest BCUT2D eigenvalue weighted by atomic mass is 9.50. The van der Waals surface area contributed by atoms with Crippen LogP contribution in [-0.4, -0.2) is 63.0 Å². The summed E-state index contributed by atoms with van der Waals surface area (Å²) in [6.45, 7) is 18.0. The van der Waals surface area contributed by atoms with Gasteiger partial charge in [-0.15, -0.1) is 0 Å². The zero-order chi connectivity index (χ0) is 39.2. The van der Waals surface area contributed by atoms with Crippen LogP contribution in [0, 0.1) is 52.3 Å². The van der Waals surface area contributed by atoms with E-state index in [1.165, 1.54) is 45.6 Å². The largest absolute Gasteiger partial charge is 0.469 e. The molecule has 7 fully saturated rings. The average molecular weight is 756 g/mol. The minimum Gasteiger partial charge on any atom is -0.469 e. The van der Waals surface area contributed by atoms with Gasteiger partial charge < -0.3 is 18.9 Å². The number of rotatable bonds is 9. The SMILES string of the molecule is CCC(C)(C)C(=O)OC1(C)C2CC3CC(C2)CC1C3.CCC(C)(C)C(=O)OC1CCOC1=O.CCC(C)C(=O)OC.NS(=O)(=O)C1CC2CCC1C2. The molecule has 6 bridgehead atoms. The van der Waals surface area contributed by atoms with E-state index in [0.717, 1.165) is 43.9 Å². The molecule has 0 aromatic carbocycles. The molecule has 5 unspecified atom stereocenters. The molecule has 1 aliphatic heterocycles. The van der Waals surface area contributed by atoms with E-state index >= 15 is 0 Å².